The van der Waals surface area contributed by atoms with E-state index in [1.54, 1.807) is 53.3 Å². The molecule has 4 aromatic rings. The Kier molecular flexibility index (Phi) is 4.64. The van der Waals surface area contributed by atoms with Gasteiger partial charge in [0.1, 0.15) is 5.82 Å². The average molecular weight is 381 g/mol. The van der Waals surface area contributed by atoms with E-state index < -0.39 is 0 Å². The lowest BCUT2D eigenvalue weighted by molar-refractivity contribution is 0.0982. The zero-order chi connectivity index (χ0) is 18.8. The highest BCUT2D eigenvalue weighted by molar-refractivity contribution is 6.30. The van der Waals surface area contributed by atoms with E-state index in [0.717, 1.165) is 5.56 Å². The molecule has 0 aliphatic heterocycles. The number of aryl methyl sites for hydroxylation is 1. The number of carbonyl (C=O) groups excluding carboxylic acids is 1. The molecular weight excluding hydrogens is 367 g/mol. The van der Waals surface area contributed by atoms with Crippen molar-refractivity contribution >= 4 is 23.0 Å². The number of carbonyl (C=O) groups is 1. The van der Waals surface area contributed by atoms with E-state index in [1.165, 1.54) is 12.1 Å². The molecule has 0 aliphatic carbocycles. The first-order chi connectivity index (χ1) is 13.1. The number of benzene rings is 1. The Bertz CT molecular complexity index is 1120. The van der Waals surface area contributed by atoms with Crippen LogP contribution in [-0.2, 0) is 6.42 Å². The summed E-state index contributed by atoms with van der Waals surface area (Å²) in [5.74, 6) is 0.268. The first-order valence-corrected chi connectivity index (χ1v) is 8.71. The van der Waals surface area contributed by atoms with Gasteiger partial charge in [-0.25, -0.2) is 4.39 Å². The van der Waals surface area contributed by atoms with Gasteiger partial charge in [-0.2, -0.15) is 0 Å². The van der Waals surface area contributed by atoms with Gasteiger partial charge in [-0.1, -0.05) is 23.7 Å². The largest absolute Gasteiger partial charge is 0.294 e. The molecule has 0 radical (unpaired) electrons. The first-order valence-electron chi connectivity index (χ1n) is 8.33. The highest BCUT2D eigenvalue weighted by Gasteiger charge is 2.13. The standard InChI is InChI=1S/C20H14ClFN4O/c21-16-9-15(10-23-11-16)20-25-24-19-8-4-14(12-26(19)20)18(27)7-3-13-1-5-17(22)6-2-13/h1-2,4-6,8-12H,3,7H2. The highest BCUT2D eigenvalue weighted by atomic mass is 35.5. The molecule has 134 valence electrons. The lowest BCUT2D eigenvalue weighted by Gasteiger charge is -2.05. The van der Waals surface area contributed by atoms with Crippen LogP contribution in [0.25, 0.3) is 17.0 Å². The lowest BCUT2D eigenvalue weighted by atomic mass is 10.0. The third kappa shape index (κ3) is 3.71. The van der Waals surface area contributed by atoms with Crippen molar-refractivity contribution in [1.29, 1.82) is 0 Å². The third-order valence-electron chi connectivity index (χ3n) is 4.24. The molecule has 0 spiro atoms. The molecule has 0 bridgehead atoms. The number of nitrogens with zero attached hydrogens (tertiary/aromatic N) is 4. The van der Waals surface area contributed by atoms with Crippen molar-refractivity contribution < 1.29 is 9.18 Å². The van der Waals surface area contributed by atoms with Crippen LogP contribution >= 0.6 is 11.6 Å². The van der Waals surface area contributed by atoms with Gasteiger partial charge in [-0.15, -0.1) is 10.2 Å². The number of fused-ring (bicyclic) bond motifs is 1. The zero-order valence-corrected chi connectivity index (χ0v) is 14.9. The van der Waals surface area contributed by atoms with Crippen molar-refractivity contribution in [3.8, 4) is 11.4 Å². The van der Waals surface area contributed by atoms with E-state index in [2.05, 4.69) is 15.2 Å². The van der Waals surface area contributed by atoms with Gasteiger partial charge in [0, 0.05) is 36.1 Å². The molecule has 0 saturated carbocycles. The summed E-state index contributed by atoms with van der Waals surface area (Å²) in [4.78, 5) is 16.7. The maximum absolute atomic E-state index is 13.0. The van der Waals surface area contributed by atoms with E-state index >= 15 is 0 Å². The number of rotatable bonds is 5. The van der Waals surface area contributed by atoms with Gasteiger partial charge in [0.15, 0.2) is 17.3 Å². The molecule has 5 nitrogen and oxygen atoms in total. The Balaban J connectivity index is 1.59. The van der Waals surface area contributed by atoms with Crippen molar-refractivity contribution in [2.24, 2.45) is 0 Å². The van der Waals surface area contributed by atoms with E-state index in [4.69, 9.17) is 11.6 Å². The summed E-state index contributed by atoms with van der Waals surface area (Å²) < 4.78 is 14.7. The Hall–Kier alpha value is -3.12. The minimum absolute atomic E-state index is 0.00917. The first kappa shape index (κ1) is 17.3. The number of aromatic nitrogens is 4. The Labute approximate surface area is 159 Å². The summed E-state index contributed by atoms with van der Waals surface area (Å²) in [6, 6.07) is 11.4. The molecule has 0 saturated heterocycles. The van der Waals surface area contributed by atoms with Crippen molar-refractivity contribution in [3.63, 3.8) is 0 Å². The van der Waals surface area contributed by atoms with Gasteiger partial charge < -0.3 is 0 Å². The second kappa shape index (κ2) is 7.25. The van der Waals surface area contributed by atoms with Crippen molar-refractivity contribution in [2.75, 3.05) is 0 Å². The normalized spacial score (nSPS) is 11.0. The van der Waals surface area contributed by atoms with Gasteiger partial charge in [0.2, 0.25) is 0 Å². The smallest absolute Gasteiger partial charge is 0.169 e. The molecule has 4 rings (SSSR count). The monoisotopic (exact) mass is 380 g/mol. The maximum atomic E-state index is 13.0. The predicted molar refractivity (Wildman–Crippen MR) is 100 cm³/mol. The van der Waals surface area contributed by atoms with E-state index in [1.807, 2.05) is 0 Å². The van der Waals surface area contributed by atoms with Crippen LogP contribution in [0.5, 0.6) is 0 Å². The van der Waals surface area contributed by atoms with Crippen LogP contribution < -0.4 is 0 Å². The Morgan fingerprint density at radius 2 is 1.89 bits per heavy atom. The molecule has 3 aromatic heterocycles. The third-order valence-corrected chi connectivity index (χ3v) is 4.45. The molecule has 0 fully saturated rings. The van der Waals surface area contributed by atoms with Crippen molar-refractivity contribution in [2.45, 2.75) is 12.8 Å². The molecule has 0 amide bonds. The molecular formula is C20H14ClFN4O. The molecule has 1 aromatic carbocycles. The minimum atomic E-state index is -0.286. The fraction of sp³-hybridized carbons (Fsp3) is 0.100. The summed E-state index contributed by atoms with van der Waals surface area (Å²) >= 11 is 6.01. The van der Waals surface area contributed by atoms with Gasteiger partial charge >= 0.3 is 0 Å². The van der Waals surface area contributed by atoms with Crippen LogP contribution in [0, 0.1) is 5.82 Å². The van der Waals surface area contributed by atoms with Crippen molar-refractivity contribution in [1.82, 2.24) is 19.6 Å². The second-order valence-electron chi connectivity index (χ2n) is 6.11. The SMILES string of the molecule is O=C(CCc1ccc(F)cc1)c1ccc2nnc(-c3cncc(Cl)c3)n2c1. The summed E-state index contributed by atoms with van der Waals surface area (Å²) in [6.07, 6.45) is 5.78. The number of Topliss-reactive ketones (excluding diaryl/α,β-unsaturated/α-hetero) is 1. The van der Waals surface area contributed by atoms with Gasteiger partial charge in [0.05, 0.1) is 5.02 Å². The van der Waals surface area contributed by atoms with Gasteiger partial charge in [0.25, 0.3) is 0 Å². The number of hydrogen-bond acceptors (Lipinski definition) is 4. The summed E-state index contributed by atoms with van der Waals surface area (Å²) in [5, 5.41) is 8.79. The highest BCUT2D eigenvalue weighted by Crippen LogP contribution is 2.21. The summed E-state index contributed by atoms with van der Waals surface area (Å²) in [6.45, 7) is 0. The van der Waals surface area contributed by atoms with Crippen LogP contribution in [0.1, 0.15) is 22.3 Å². The van der Waals surface area contributed by atoms with Gasteiger partial charge in [-0.05, 0) is 42.3 Å². The summed E-state index contributed by atoms with van der Waals surface area (Å²) in [5.41, 5.74) is 2.81. The quantitative estimate of drug-likeness (QED) is 0.481. The molecule has 7 heteroatoms. The van der Waals surface area contributed by atoms with Crippen LogP contribution in [0.15, 0.2) is 61.1 Å². The van der Waals surface area contributed by atoms with Crippen LogP contribution in [0.3, 0.4) is 0 Å². The molecule has 0 unspecified atom stereocenters. The lowest BCUT2D eigenvalue weighted by Crippen LogP contribution is -2.03. The number of ketones is 1. The maximum Gasteiger partial charge on any atom is 0.169 e. The van der Waals surface area contributed by atoms with E-state index in [-0.39, 0.29) is 11.6 Å². The van der Waals surface area contributed by atoms with Gasteiger partial charge in [-0.3, -0.25) is 14.2 Å². The number of pyridine rings is 2. The molecule has 0 atom stereocenters. The fourth-order valence-electron chi connectivity index (χ4n) is 2.84. The Morgan fingerprint density at radius 1 is 1.07 bits per heavy atom. The predicted octanol–water partition coefficient (Wildman–Crippen LogP) is 4.40. The zero-order valence-electron chi connectivity index (χ0n) is 14.1. The molecule has 3 heterocycles. The fourth-order valence-corrected chi connectivity index (χ4v) is 3.01. The summed E-state index contributed by atoms with van der Waals surface area (Å²) in [7, 11) is 0. The van der Waals surface area contributed by atoms with E-state index in [0.29, 0.717) is 40.5 Å². The van der Waals surface area contributed by atoms with Crippen LogP contribution in [-0.4, -0.2) is 25.4 Å². The van der Waals surface area contributed by atoms with Crippen LogP contribution in [0.2, 0.25) is 5.02 Å². The number of halogens is 2. The van der Waals surface area contributed by atoms with E-state index in [9.17, 15) is 9.18 Å². The average Bonchev–Trinajstić information content (AvgIpc) is 3.10. The Morgan fingerprint density at radius 3 is 2.67 bits per heavy atom. The van der Waals surface area contributed by atoms with Crippen LogP contribution in [0.4, 0.5) is 4.39 Å². The molecule has 27 heavy (non-hydrogen) atoms. The topological polar surface area (TPSA) is 60.2 Å². The minimum Gasteiger partial charge on any atom is -0.294 e. The number of hydrogen-bond donors (Lipinski definition) is 0. The second-order valence-corrected chi connectivity index (χ2v) is 6.55. The molecule has 0 aliphatic rings. The molecule has 0 N–H and O–H groups in total. The van der Waals surface area contributed by atoms with Crippen molar-refractivity contribution in [3.05, 3.63) is 83.0 Å².